The van der Waals surface area contributed by atoms with E-state index in [1.54, 1.807) is 11.3 Å². The van der Waals surface area contributed by atoms with Crippen molar-refractivity contribution in [3.63, 3.8) is 0 Å². The highest BCUT2D eigenvalue weighted by atomic mass is 32.1. The van der Waals surface area contributed by atoms with Crippen molar-refractivity contribution in [1.29, 1.82) is 0 Å². The minimum atomic E-state index is -0.0421. The van der Waals surface area contributed by atoms with E-state index in [0.717, 1.165) is 32.6 Å². The fourth-order valence-electron chi connectivity index (χ4n) is 3.08. The third-order valence-corrected chi connectivity index (χ3v) is 5.65. The molecule has 0 spiro atoms. The Balaban J connectivity index is 1.73. The fraction of sp³-hybridized carbons (Fsp3) is 0.0870. The SMILES string of the molecule is Cc1ccc(Cc2c(C(=O)Nc3ccccc3)sc3ccccc23)cc1. The molecule has 128 valence electrons. The van der Waals surface area contributed by atoms with E-state index >= 15 is 0 Å². The lowest BCUT2D eigenvalue weighted by Crippen LogP contribution is -2.12. The second-order valence-corrected chi connectivity index (χ2v) is 7.44. The molecule has 0 aliphatic carbocycles. The minimum absolute atomic E-state index is 0.0421. The Morgan fingerprint density at radius 3 is 2.35 bits per heavy atom. The van der Waals surface area contributed by atoms with Crippen LogP contribution in [-0.4, -0.2) is 5.91 Å². The van der Waals surface area contributed by atoms with Crippen LogP contribution in [-0.2, 0) is 6.42 Å². The van der Waals surface area contributed by atoms with E-state index in [-0.39, 0.29) is 5.91 Å². The van der Waals surface area contributed by atoms with E-state index in [4.69, 9.17) is 0 Å². The molecule has 0 saturated carbocycles. The molecule has 26 heavy (non-hydrogen) atoms. The first kappa shape index (κ1) is 16.6. The van der Waals surface area contributed by atoms with Crippen molar-refractivity contribution in [3.05, 3.63) is 100 Å². The fourth-order valence-corrected chi connectivity index (χ4v) is 4.19. The number of rotatable bonds is 4. The Bertz CT molecular complexity index is 1050. The number of carbonyl (C=O) groups is 1. The lowest BCUT2D eigenvalue weighted by Gasteiger charge is -2.07. The summed E-state index contributed by atoms with van der Waals surface area (Å²) in [5.41, 5.74) is 4.37. The van der Waals surface area contributed by atoms with Crippen molar-refractivity contribution in [3.8, 4) is 0 Å². The number of carbonyl (C=O) groups excluding carboxylic acids is 1. The largest absolute Gasteiger partial charge is 0.321 e. The summed E-state index contributed by atoms with van der Waals surface area (Å²) in [7, 11) is 0. The second-order valence-electron chi connectivity index (χ2n) is 6.39. The monoisotopic (exact) mass is 357 g/mol. The van der Waals surface area contributed by atoms with Crippen LogP contribution >= 0.6 is 11.3 Å². The number of fused-ring (bicyclic) bond motifs is 1. The predicted octanol–water partition coefficient (Wildman–Crippen LogP) is 6.05. The van der Waals surface area contributed by atoms with E-state index in [2.05, 4.69) is 48.6 Å². The molecule has 1 amide bonds. The van der Waals surface area contributed by atoms with Gasteiger partial charge in [0.05, 0.1) is 4.88 Å². The summed E-state index contributed by atoms with van der Waals surface area (Å²) >= 11 is 1.56. The van der Waals surface area contributed by atoms with E-state index in [9.17, 15) is 4.79 Å². The van der Waals surface area contributed by atoms with Crippen LogP contribution in [0.1, 0.15) is 26.4 Å². The molecule has 1 N–H and O–H groups in total. The maximum atomic E-state index is 12.9. The Morgan fingerprint density at radius 2 is 1.58 bits per heavy atom. The van der Waals surface area contributed by atoms with Crippen LogP contribution in [0.2, 0.25) is 0 Å². The Hall–Kier alpha value is -2.91. The second kappa shape index (κ2) is 7.14. The summed E-state index contributed by atoms with van der Waals surface area (Å²) in [4.78, 5) is 13.7. The van der Waals surface area contributed by atoms with Crippen LogP contribution in [0.15, 0.2) is 78.9 Å². The normalized spacial score (nSPS) is 10.8. The molecule has 0 aliphatic rings. The number of para-hydroxylation sites is 1. The molecule has 1 heterocycles. The number of amides is 1. The first-order chi connectivity index (χ1) is 12.7. The zero-order valence-corrected chi connectivity index (χ0v) is 15.3. The zero-order chi connectivity index (χ0) is 17.9. The first-order valence-corrected chi connectivity index (χ1v) is 9.45. The van der Waals surface area contributed by atoms with Gasteiger partial charge in [-0.05, 0) is 48.1 Å². The number of thiophene rings is 1. The van der Waals surface area contributed by atoms with E-state index in [1.807, 2.05) is 42.5 Å². The summed E-state index contributed by atoms with van der Waals surface area (Å²) in [6.45, 7) is 2.09. The highest BCUT2D eigenvalue weighted by Crippen LogP contribution is 2.33. The van der Waals surface area contributed by atoms with Crippen molar-refractivity contribution in [2.45, 2.75) is 13.3 Å². The maximum absolute atomic E-state index is 12.9. The van der Waals surface area contributed by atoms with Gasteiger partial charge in [-0.1, -0.05) is 66.2 Å². The van der Waals surface area contributed by atoms with E-state index in [1.165, 1.54) is 11.1 Å². The van der Waals surface area contributed by atoms with Crippen molar-refractivity contribution in [2.75, 3.05) is 5.32 Å². The Morgan fingerprint density at radius 1 is 0.885 bits per heavy atom. The van der Waals surface area contributed by atoms with Gasteiger partial charge in [-0.3, -0.25) is 4.79 Å². The van der Waals surface area contributed by atoms with Gasteiger partial charge in [0, 0.05) is 10.4 Å². The molecule has 0 bridgehead atoms. The minimum Gasteiger partial charge on any atom is -0.321 e. The summed E-state index contributed by atoms with van der Waals surface area (Å²) in [6, 6.07) is 26.4. The number of aryl methyl sites for hydroxylation is 1. The highest BCUT2D eigenvalue weighted by molar-refractivity contribution is 7.21. The van der Waals surface area contributed by atoms with Gasteiger partial charge in [-0.25, -0.2) is 0 Å². The van der Waals surface area contributed by atoms with Crippen LogP contribution in [0.3, 0.4) is 0 Å². The molecule has 3 aromatic carbocycles. The van der Waals surface area contributed by atoms with Crippen LogP contribution in [0.4, 0.5) is 5.69 Å². The zero-order valence-electron chi connectivity index (χ0n) is 14.5. The first-order valence-electron chi connectivity index (χ1n) is 8.63. The molecule has 0 fully saturated rings. The van der Waals surface area contributed by atoms with Gasteiger partial charge in [-0.2, -0.15) is 0 Å². The summed E-state index contributed by atoms with van der Waals surface area (Å²) in [5.74, 6) is -0.0421. The molecule has 3 heteroatoms. The summed E-state index contributed by atoms with van der Waals surface area (Å²) in [5, 5.41) is 4.19. The van der Waals surface area contributed by atoms with Gasteiger partial charge >= 0.3 is 0 Å². The average molecular weight is 357 g/mol. The third kappa shape index (κ3) is 3.39. The molecule has 0 aliphatic heterocycles. The van der Waals surface area contributed by atoms with E-state index in [0.29, 0.717) is 0 Å². The molecular weight excluding hydrogens is 338 g/mol. The number of benzene rings is 3. The highest BCUT2D eigenvalue weighted by Gasteiger charge is 2.18. The number of anilines is 1. The third-order valence-electron chi connectivity index (χ3n) is 4.44. The van der Waals surface area contributed by atoms with Crippen molar-refractivity contribution in [1.82, 2.24) is 0 Å². The molecule has 1 aromatic heterocycles. The predicted molar refractivity (Wildman–Crippen MR) is 110 cm³/mol. The van der Waals surface area contributed by atoms with Gasteiger partial charge in [0.25, 0.3) is 5.91 Å². The van der Waals surface area contributed by atoms with Crippen LogP contribution < -0.4 is 5.32 Å². The molecule has 2 nitrogen and oxygen atoms in total. The molecule has 4 rings (SSSR count). The molecule has 0 unspecified atom stereocenters. The Labute approximate surface area is 157 Å². The van der Waals surface area contributed by atoms with Crippen molar-refractivity contribution < 1.29 is 4.79 Å². The molecule has 0 radical (unpaired) electrons. The quantitative estimate of drug-likeness (QED) is 0.473. The van der Waals surface area contributed by atoms with Gasteiger partial charge in [-0.15, -0.1) is 11.3 Å². The van der Waals surface area contributed by atoms with Gasteiger partial charge in [0.1, 0.15) is 0 Å². The molecule has 0 atom stereocenters. The smallest absolute Gasteiger partial charge is 0.266 e. The number of hydrogen-bond acceptors (Lipinski definition) is 2. The number of nitrogens with one attached hydrogen (secondary N) is 1. The average Bonchev–Trinajstić information content (AvgIpc) is 3.03. The van der Waals surface area contributed by atoms with Gasteiger partial charge in [0.2, 0.25) is 0 Å². The lowest BCUT2D eigenvalue weighted by molar-refractivity contribution is 0.103. The van der Waals surface area contributed by atoms with E-state index < -0.39 is 0 Å². The van der Waals surface area contributed by atoms with Gasteiger partial charge in [0.15, 0.2) is 0 Å². The summed E-state index contributed by atoms with van der Waals surface area (Å²) < 4.78 is 1.15. The van der Waals surface area contributed by atoms with Gasteiger partial charge < -0.3 is 5.32 Å². The van der Waals surface area contributed by atoms with Crippen LogP contribution in [0.5, 0.6) is 0 Å². The molecule has 0 saturated heterocycles. The number of hydrogen-bond donors (Lipinski definition) is 1. The lowest BCUT2D eigenvalue weighted by atomic mass is 10.0. The van der Waals surface area contributed by atoms with Crippen LogP contribution in [0.25, 0.3) is 10.1 Å². The topological polar surface area (TPSA) is 29.1 Å². The summed E-state index contributed by atoms with van der Waals surface area (Å²) in [6.07, 6.45) is 0.752. The molecule has 4 aromatic rings. The Kier molecular flexibility index (Phi) is 4.55. The standard InChI is InChI=1S/C23H19NOS/c1-16-11-13-17(14-12-16)15-20-19-9-5-6-10-21(19)26-22(20)23(25)24-18-7-3-2-4-8-18/h2-14H,15H2,1H3,(H,24,25). The van der Waals surface area contributed by atoms with Crippen molar-refractivity contribution >= 4 is 33.0 Å². The van der Waals surface area contributed by atoms with Crippen LogP contribution in [0, 0.1) is 6.92 Å². The molecular formula is C23H19NOS. The van der Waals surface area contributed by atoms with Crippen molar-refractivity contribution in [2.24, 2.45) is 0 Å². The maximum Gasteiger partial charge on any atom is 0.266 e.